The van der Waals surface area contributed by atoms with E-state index in [-0.39, 0.29) is 36.3 Å². The molecule has 2 unspecified atom stereocenters. The van der Waals surface area contributed by atoms with Crippen molar-refractivity contribution in [3.05, 3.63) is 0 Å². The summed E-state index contributed by atoms with van der Waals surface area (Å²) in [5, 5.41) is 12.2. The first kappa shape index (κ1) is 18.0. The smallest absolute Gasteiger partial charge is 0.228 e. The fourth-order valence-corrected chi connectivity index (χ4v) is 2.71. The highest BCUT2D eigenvalue weighted by atomic mass is 16.3. The lowest BCUT2D eigenvalue weighted by Gasteiger charge is -2.40. The second-order valence-electron chi connectivity index (χ2n) is 7.43. The molecule has 2 amide bonds. The maximum Gasteiger partial charge on any atom is 0.228 e. The molecule has 1 heterocycles. The van der Waals surface area contributed by atoms with Gasteiger partial charge in [-0.3, -0.25) is 9.59 Å². The largest absolute Gasteiger partial charge is 0.396 e. The van der Waals surface area contributed by atoms with Crippen molar-refractivity contribution in [3.8, 4) is 0 Å². The van der Waals surface area contributed by atoms with Crippen molar-refractivity contribution in [2.24, 2.45) is 17.3 Å². The molecule has 5 nitrogen and oxygen atoms in total. The fourth-order valence-electron chi connectivity index (χ4n) is 2.71. The van der Waals surface area contributed by atoms with E-state index in [0.29, 0.717) is 19.5 Å². The number of carbonyl (C=O) groups is 2. The van der Waals surface area contributed by atoms with Gasteiger partial charge in [0, 0.05) is 37.1 Å². The molecule has 0 aromatic carbocycles. The van der Waals surface area contributed by atoms with Crippen LogP contribution >= 0.6 is 0 Å². The SMILES string of the molecule is CC(C)C(=O)NC1CC(CCO)CN(C(=O)C(C)(C)C)C1. The van der Waals surface area contributed by atoms with E-state index >= 15 is 0 Å². The summed E-state index contributed by atoms with van der Waals surface area (Å²) in [7, 11) is 0. The van der Waals surface area contributed by atoms with Crippen LogP contribution in [0.1, 0.15) is 47.5 Å². The molecule has 0 spiro atoms. The van der Waals surface area contributed by atoms with Gasteiger partial charge in [0.1, 0.15) is 0 Å². The van der Waals surface area contributed by atoms with E-state index in [1.807, 2.05) is 39.5 Å². The number of aliphatic hydroxyl groups is 1. The van der Waals surface area contributed by atoms with Gasteiger partial charge >= 0.3 is 0 Å². The van der Waals surface area contributed by atoms with Crippen molar-refractivity contribution in [1.82, 2.24) is 10.2 Å². The van der Waals surface area contributed by atoms with Crippen molar-refractivity contribution in [1.29, 1.82) is 0 Å². The lowest BCUT2D eigenvalue weighted by Crippen LogP contribution is -2.55. The predicted molar refractivity (Wildman–Crippen MR) is 82.6 cm³/mol. The van der Waals surface area contributed by atoms with Crippen LogP contribution in [0.25, 0.3) is 0 Å². The highest BCUT2D eigenvalue weighted by molar-refractivity contribution is 5.82. The summed E-state index contributed by atoms with van der Waals surface area (Å²) in [6.07, 6.45) is 1.49. The summed E-state index contributed by atoms with van der Waals surface area (Å²) in [5.41, 5.74) is -0.423. The van der Waals surface area contributed by atoms with Gasteiger partial charge in [0.05, 0.1) is 0 Å². The Labute approximate surface area is 128 Å². The van der Waals surface area contributed by atoms with Crippen LogP contribution in [0.3, 0.4) is 0 Å². The molecule has 0 bridgehead atoms. The van der Waals surface area contributed by atoms with Crippen molar-refractivity contribution in [2.75, 3.05) is 19.7 Å². The van der Waals surface area contributed by atoms with Crippen molar-refractivity contribution in [3.63, 3.8) is 0 Å². The zero-order chi connectivity index (χ0) is 16.2. The third-order valence-electron chi connectivity index (χ3n) is 3.87. The Morgan fingerprint density at radius 1 is 1.29 bits per heavy atom. The number of rotatable bonds is 4. The number of nitrogens with one attached hydrogen (secondary N) is 1. The normalized spacial score (nSPS) is 23.3. The summed E-state index contributed by atoms with van der Waals surface area (Å²) < 4.78 is 0. The monoisotopic (exact) mass is 298 g/mol. The molecule has 1 aliphatic heterocycles. The van der Waals surface area contributed by atoms with E-state index in [1.165, 1.54) is 0 Å². The van der Waals surface area contributed by atoms with Crippen LogP contribution in [0.2, 0.25) is 0 Å². The molecule has 1 saturated heterocycles. The summed E-state index contributed by atoms with van der Waals surface area (Å²) in [5.74, 6) is 0.309. The standard InChI is InChI=1S/C16H30N2O3/c1-11(2)14(20)17-13-8-12(6-7-19)9-18(10-13)15(21)16(3,4)5/h11-13,19H,6-10H2,1-5H3,(H,17,20). The summed E-state index contributed by atoms with van der Waals surface area (Å²) in [6, 6.07) is -0.0171. The number of nitrogens with zero attached hydrogens (tertiary/aromatic N) is 1. The third kappa shape index (κ3) is 5.30. The summed E-state index contributed by atoms with van der Waals surface area (Å²) in [6.45, 7) is 10.8. The molecule has 5 heteroatoms. The van der Waals surface area contributed by atoms with E-state index in [1.54, 1.807) is 0 Å². The Morgan fingerprint density at radius 2 is 1.90 bits per heavy atom. The molecule has 2 N–H and O–H groups in total. The molecule has 1 fully saturated rings. The van der Waals surface area contributed by atoms with Gasteiger partial charge in [-0.25, -0.2) is 0 Å². The number of amides is 2. The third-order valence-corrected chi connectivity index (χ3v) is 3.87. The molecule has 21 heavy (non-hydrogen) atoms. The minimum absolute atomic E-state index is 0.0171. The van der Waals surface area contributed by atoms with Gasteiger partial charge in [0.25, 0.3) is 0 Å². The van der Waals surface area contributed by atoms with Gasteiger partial charge in [0.15, 0.2) is 0 Å². The molecule has 1 rings (SSSR count). The lowest BCUT2D eigenvalue weighted by molar-refractivity contribution is -0.142. The Balaban J connectivity index is 2.77. The van der Waals surface area contributed by atoms with Crippen LogP contribution in [-0.4, -0.2) is 47.6 Å². The maximum absolute atomic E-state index is 12.5. The Morgan fingerprint density at radius 3 is 2.38 bits per heavy atom. The Bertz CT molecular complexity index is 374. The van der Waals surface area contributed by atoms with E-state index < -0.39 is 5.41 Å². The second-order valence-corrected chi connectivity index (χ2v) is 7.43. The van der Waals surface area contributed by atoms with Gasteiger partial charge in [-0.2, -0.15) is 0 Å². The van der Waals surface area contributed by atoms with Crippen LogP contribution in [-0.2, 0) is 9.59 Å². The summed E-state index contributed by atoms with van der Waals surface area (Å²) >= 11 is 0. The van der Waals surface area contributed by atoms with Gasteiger partial charge in [-0.05, 0) is 18.8 Å². The zero-order valence-electron chi connectivity index (χ0n) is 14.0. The number of carbonyl (C=O) groups excluding carboxylic acids is 2. The van der Waals surface area contributed by atoms with Gasteiger partial charge in [-0.15, -0.1) is 0 Å². The second kappa shape index (κ2) is 7.25. The molecule has 1 aliphatic rings. The van der Waals surface area contributed by atoms with Crippen LogP contribution < -0.4 is 5.32 Å². The predicted octanol–water partition coefficient (Wildman–Crippen LogP) is 1.40. The van der Waals surface area contributed by atoms with Crippen LogP contribution in [0.5, 0.6) is 0 Å². The molecular weight excluding hydrogens is 268 g/mol. The molecule has 2 atom stereocenters. The number of likely N-dealkylation sites (tertiary alicyclic amines) is 1. The minimum Gasteiger partial charge on any atom is -0.396 e. The van der Waals surface area contributed by atoms with Crippen LogP contribution in [0.15, 0.2) is 0 Å². The Hall–Kier alpha value is -1.10. The maximum atomic E-state index is 12.5. The van der Waals surface area contributed by atoms with Crippen LogP contribution in [0, 0.1) is 17.3 Å². The topological polar surface area (TPSA) is 69.6 Å². The highest BCUT2D eigenvalue weighted by Gasteiger charge is 2.35. The first-order valence-electron chi connectivity index (χ1n) is 7.85. The van der Waals surface area contributed by atoms with Crippen molar-refractivity contribution >= 4 is 11.8 Å². The van der Waals surface area contributed by atoms with E-state index in [9.17, 15) is 9.59 Å². The van der Waals surface area contributed by atoms with E-state index in [0.717, 1.165) is 6.42 Å². The lowest BCUT2D eigenvalue weighted by atomic mass is 9.88. The fraction of sp³-hybridized carbons (Fsp3) is 0.875. The van der Waals surface area contributed by atoms with Gasteiger partial charge in [-0.1, -0.05) is 34.6 Å². The van der Waals surface area contributed by atoms with Gasteiger partial charge < -0.3 is 15.3 Å². The molecule has 0 aromatic heterocycles. The number of piperidine rings is 1. The highest BCUT2D eigenvalue weighted by Crippen LogP contribution is 2.25. The van der Waals surface area contributed by atoms with Crippen molar-refractivity contribution in [2.45, 2.75) is 53.5 Å². The summed E-state index contributed by atoms with van der Waals surface area (Å²) in [4.78, 5) is 26.2. The van der Waals surface area contributed by atoms with Crippen LogP contribution in [0.4, 0.5) is 0 Å². The number of hydrogen-bond donors (Lipinski definition) is 2. The quantitative estimate of drug-likeness (QED) is 0.824. The zero-order valence-corrected chi connectivity index (χ0v) is 14.0. The molecular formula is C16H30N2O3. The van der Waals surface area contributed by atoms with E-state index in [2.05, 4.69) is 5.32 Å². The molecule has 0 aliphatic carbocycles. The molecule has 0 aromatic rings. The van der Waals surface area contributed by atoms with E-state index in [4.69, 9.17) is 5.11 Å². The number of aliphatic hydroxyl groups excluding tert-OH is 1. The average molecular weight is 298 g/mol. The average Bonchev–Trinajstić information content (AvgIpc) is 2.36. The number of hydrogen-bond acceptors (Lipinski definition) is 3. The van der Waals surface area contributed by atoms with Gasteiger partial charge in [0.2, 0.25) is 11.8 Å². The first-order valence-corrected chi connectivity index (χ1v) is 7.85. The molecule has 122 valence electrons. The molecule has 0 radical (unpaired) electrons. The minimum atomic E-state index is -0.423. The Kier molecular flexibility index (Phi) is 6.20. The first-order chi connectivity index (χ1) is 9.65. The van der Waals surface area contributed by atoms with Crippen molar-refractivity contribution < 1.29 is 14.7 Å². The molecule has 0 saturated carbocycles.